The van der Waals surface area contributed by atoms with Crippen molar-refractivity contribution in [3.05, 3.63) is 17.5 Å². The average molecular weight is 479 g/mol. The van der Waals surface area contributed by atoms with Crippen LogP contribution in [-0.2, 0) is 11.3 Å². The topological polar surface area (TPSA) is 97.2 Å². The van der Waals surface area contributed by atoms with Crippen molar-refractivity contribution in [3.8, 4) is 0 Å². The molecular formula is C17H30IN5O3. The monoisotopic (exact) mass is 479 g/mol. The van der Waals surface area contributed by atoms with Crippen LogP contribution in [0.25, 0.3) is 0 Å². The van der Waals surface area contributed by atoms with E-state index in [4.69, 9.17) is 15.0 Å². The van der Waals surface area contributed by atoms with Crippen molar-refractivity contribution in [2.45, 2.75) is 52.7 Å². The number of nitrogens with zero attached hydrogens (tertiary/aromatic N) is 4. The highest BCUT2D eigenvalue weighted by molar-refractivity contribution is 14.0. The molecule has 148 valence electrons. The zero-order valence-electron chi connectivity index (χ0n) is 16.2. The number of rotatable bonds is 3. The Morgan fingerprint density at radius 3 is 2.38 bits per heavy atom. The molecule has 0 spiro atoms. The maximum Gasteiger partial charge on any atom is 0.410 e. The minimum atomic E-state index is -0.485. The molecule has 1 aliphatic rings. The highest BCUT2D eigenvalue weighted by atomic mass is 127. The minimum Gasteiger partial charge on any atom is -0.444 e. The van der Waals surface area contributed by atoms with Gasteiger partial charge in [0.25, 0.3) is 0 Å². The smallest absolute Gasteiger partial charge is 0.410 e. The van der Waals surface area contributed by atoms with Crippen molar-refractivity contribution >= 4 is 36.0 Å². The summed E-state index contributed by atoms with van der Waals surface area (Å²) < 4.78 is 10.6. The van der Waals surface area contributed by atoms with E-state index in [0.29, 0.717) is 50.4 Å². The van der Waals surface area contributed by atoms with Gasteiger partial charge in [0.1, 0.15) is 12.1 Å². The normalized spacial score (nSPS) is 15.8. The molecule has 1 saturated heterocycles. The number of nitrogens with two attached hydrogens (primary N) is 1. The van der Waals surface area contributed by atoms with E-state index in [9.17, 15) is 4.79 Å². The number of halogens is 1. The second-order valence-corrected chi connectivity index (χ2v) is 7.50. The van der Waals surface area contributed by atoms with Gasteiger partial charge < -0.3 is 24.8 Å². The SMILES string of the molecule is CC(C)c1cc(CN=C(N)N2CCN(C(=O)OC(C)(C)C)CC2)on1.I. The molecular weight excluding hydrogens is 449 g/mol. The molecule has 8 nitrogen and oxygen atoms in total. The van der Waals surface area contributed by atoms with Gasteiger partial charge in [0.05, 0.1) is 5.69 Å². The molecule has 2 N–H and O–H groups in total. The molecule has 0 radical (unpaired) electrons. The summed E-state index contributed by atoms with van der Waals surface area (Å²) >= 11 is 0. The Labute approximate surface area is 172 Å². The first-order valence-corrected chi connectivity index (χ1v) is 8.64. The Morgan fingerprint density at radius 2 is 1.88 bits per heavy atom. The number of ether oxygens (including phenoxy) is 1. The third kappa shape index (κ3) is 6.65. The quantitative estimate of drug-likeness (QED) is 0.407. The lowest BCUT2D eigenvalue weighted by molar-refractivity contribution is 0.0186. The number of guanidine groups is 1. The summed E-state index contributed by atoms with van der Waals surface area (Å²) in [5.41, 5.74) is 6.49. The van der Waals surface area contributed by atoms with Gasteiger partial charge in [-0.2, -0.15) is 0 Å². The lowest BCUT2D eigenvalue weighted by Crippen LogP contribution is -2.53. The van der Waals surface area contributed by atoms with Crippen LogP contribution in [0.4, 0.5) is 4.79 Å². The number of aliphatic imine (C=N–C) groups is 1. The predicted octanol–water partition coefficient (Wildman–Crippen LogP) is 2.78. The highest BCUT2D eigenvalue weighted by Crippen LogP contribution is 2.15. The second-order valence-electron chi connectivity index (χ2n) is 7.50. The number of piperazine rings is 1. The van der Waals surface area contributed by atoms with Gasteiger partial charge in [-0.05, 0) is 26.7 Å². The van der Waals surface area contributed by atoms with Gasteiger partial charge in [0, 0.05) is 32.2 Å². The van der Waals surface area contributed by atoms with E-state index in [1.165, 1.54) is 0 Å². The maximum absolute atomic E-state index is 12.1. The van der Waals surface area contributed by atoms with Gasteiger partial charge in [-0.15, -0.1) is 24.0 Å². The van der Waals surface area contributed by atoms with Crippen LogP contribution < -0.4 is 5.73 Å². The number of carbonyl (C=O) groups is 1. The van der Waals surface area contributed by atoms with Crippen LogP contribution in [0.1, 0.15) is 52.0 Å². The standard InChI is InChI=1S/C17H29N5O3.HI/c1-12(2)14-10-13(25-20-14)11-19-15(18)21-6-8-22(9-7-21)16(23)24-17(3,4)5;/h10,12H,6-9,11H2,1-5H3,(H2,18,19);1H. The fraction of sp³-hybridized carbons (Fsp3) is 0.706. The minimum absolute atomic E-state index is 0. The third-order valence-electron chi connectivity index (χ3n) is 3.82. The number of hydrogen-bond acceptors (Lipinski definition) is 5. The van der Waals surface area contributed by atoms with Gasteiger partial charge in [0.15, 0.2) is 11.7 Å². The van der Waals surface area contributed by atoms with E-state index in [1.807, 2.05) is 31.7 Å². The van der Waals surface area contributed by atoms with Crippen molar-refractivity contribution in [1.29, 1.82) is 0 Å². The van der Waals surface area contributed by atoms with Crippen molar-refractivity contribution < 1.29 is 14.1 Å². The Bertz CT molecular complexity index is 616. The van der Waals surface area contributed by atoms with Gasteiger partial charge in [-0.25, -0.2) is 9.79 Å². The molecule has 9 heteroatoms. The van der Waals surface area contributed by atoms with Crippen molar-refractivity contribution in [2.75, 3.05) is 26.2 Å². The van der Waals surface area contributed by atoms with E-state index in [0.717, 1.165) is 5.69 Å². The van der Waals surface area contributed by atoms with Crippen LogP contribution in [0.15, 0.2) is 15.6 Å². The lowest BCUT2D eigenvalue weighted by atomic mass is 10.1. The Hall–Kier alpha value is -1.52. The van der Waals surface area contributed by atoms with E-state index in [-0.39, 0.29) is 30.1 Å². The van der Waals surface area contributed by atoms with Crippen LogP contribution in [0.3, 0.4) is 0 Å². The van der Waals surface area contributed by atoms with Crippen molar-refractivity contribution in [2.24, 2.45) is 10.7 Å². The number of hydrogen-bond donors (Lipinski definition) is 1. The molecule has 0 unspecified atom stereocenters. The van der Waals surface area contributed by atoms with E-state index in [1.54, 1.807) is 4.90 Å². The molecule has 1 aliphatic heterocycles. The van der Waals surface area contributed by atoms with Gasteiger partial charge in [0.2, 0.25) is 0 Å². The van der Waals surface area contributed by atoms with Gasteiger partial charge >= 0.3 is 6.09 Å². The molecule has 1 aromatic rings. The second kappa shape index (κ2) is 9.43. The molecule has 1 fully saturated rings. The summed E-state index contributed by atoms with van der Waals surface area (Å²) in [7, 11) is 0. The largest absolute Gasteiger partial charge is 0.444 e. The molecule has 1 amide bonds. The zero-order chi connectivity index (χ0) is 18.6. The summed E-state index contributed by atoms with van der Waals surface area (Å²) in [5.74, 6) is 1.46. The highest BCUT2D eigenvalue weighted by Gasteiger charge is 2.26. The van der Waals surface area contributed by atoms with Crippen molar-refractivity contribution in [3.63, 3.8) is 0 Å². The Balaban J connectivity index is 0.00000338. The number of aromatic nitrogens is 1. The fourth-order valence-corrected chi connectivity index (χ4v) is 2.38. The first-order chi connectivity index (χ1) is 11.7. The molecule has 0 atom stereocenters. The molecule has 1 aromatic heterocycles. The van der Waals surface area contributed by atoms with E-state index < -0.39 is 5.60 Å². The molecule has 2 rings (SSSR count). The van der Waals surface area contributed by atoms with E-state index >= 15 is 0 Å². The Kier molecular flexibility index (Phi) is 8.16. The molecule has 0 aliphatic carbocycles. The first-order valence-electron chi connectivity index (χ1n) is 8.64. The number of carbonyl (C=O) groups excluding carboxylic acids is 1. The summed E-state index contributed by atoms with van der Waals surface area (Å²) in [5, 5.41) is 4.01. The average Bonchev–Trinajstić information content (AvgIpc) is 3.00. The Morgan fingerprint density at radius 1 is 1.31 bits per heavy atom. The lowest BCUT2D eigenvalue weighted by Gasteiger charge is -2.36. The van der Waals surface area contributed by atoms with Crippen LogP contribution in [-0.4, -0.2) is 58.8 Å². The summed E-state index contributed by atoms with van der Waals surface area (Å²) in [6.45, 7) is 12.4. The summed E-state index contributed by atoms with van der Waals surface area (Å²) in [4.78, 5) is 20.1. The van der Waals surface area contributed by atoms with Crippen LogP contribution >= 0.6 is 24.0 Å². The van der Waals surface area contributed by atoms with Crippen LogP contribution in [0.2, 0.25) is 0 Å². The van der Waals surface area contributed by atoms with Crippen molar-refractivity contribution in [1.82, 2.24) is 15.0 Å². The molecule has 0 saturated carbocycles. The van der Waals surface area contributed by atoms with Gasteiger partial charge in [-0.1, -0.05) is 19.0 Å². The van der Waals surface area contributed by atoms with E-state index in [2.05, 4.69) is 24.0 Å². The third-order valence-corrected chi connectivity index (χ3v) is 3.82. The predicted molar refractivity (Wildman–Crippen MR) is 111 cm³/mol. The van der Waals surface area contributed by atoms with Crippen LogP contribution in [0.5, 0.6) is 0 Å². The molecule has 26 heavy (non-hydrogen) atoms. The first kappa shape index (κ1) is 22.5. The summed E-state index contributed by atoms with van der Waals surface area (Å²) in [6, 6.07) is 1.90. The number of amides is 1. The molecule has 0 aromatic carbocycles. The zero-order valence-corrected chi connectivity index (χ0v) is 18.5. The molecule has 2 heterocycles. The van der Waals surface area contributed by atoms with Crippen LogP contribution in [0, 0.1) is 0 Å². The maximum atomic E-state index is 12.1. The summed E-state index contributed by atoms with van der Waals surface area (Å²) in [6.07, 6.45) is -0.287. The fourth-order valence-electron chi connectivity index (χ4n) is 2.38. The molecule has 0 bridgehead atoms. The van der Waals surface area contributed by atoms with Gasteiger partial charge in [-0.3, -0.25) is 0 Å².